The van der Waals surface area contributed by atoms with Crippen LogP contribution in [0.15, 0.2) is 66.1 Å². The van der Waals surface area contributed by atoms with E-state index in [2.05, 4.69) is 10.3 Å². The molecule has 0 aliphatic carbocycles. The Morgan fingerprint density at radius 1 is 1.30 bits per heavy atom. The van der Waals surface area contributed by atoms with Crippen molar-refractivity contribution in [1.82, 2.24) is 14.9 Å². The zero-order valence-electron chi connectivity index (χ0n) is 15.1. The summed E-state index contributed by atoms with van der Waals surface area (Å²) in [6, 6.07) is 15.0. The number of benzene rings is 2. The van der Waals surface area contributed by atoms with Crippen molar-refractivity contribution in [3.05, 3.63) is 71.5 Å². The molecule has 0 aliphatic heterocycles. The van der Waals surface area contributed by atoms with Gasteiger partial charge in [0.1, 0.15) is 5.75 Å². The number of nitrogens with zero attached hydrogens (tertiary/aromatic N) is 2. The van der Waals surface area contributed by atoms with E-state index in [0.29, 0.717) is 5.02 Å². The predicted molar refractivity (Wildman–Crippen MR) is 109 cm³/mol. The fourth-order valence-electron chi connectivity index (χ4n) is 2.73. The van der Waals surface area contributed by atoms with Crippen LogP contribution in [-0.4, -0.2) is 28.3 Å². The Morgan fingerprint density at radius 2 is 2.11 bits per heavy atom. The van der Waals surface area contributed by atoms with Crippen molar-refractivity contribution in [2.24, 2.45) is 0 Å². The summed E-state index contributed by atoms with van der Waals surface area (Å²) >= 11 is 7.44. The van der Waals surface area contributed by atoms with Crippen LogP contribution in [0.1, 0.15) is 18.5 Å². The first-order valence-corrected chi connectivity index (χ1v) is 9.79. The molecule has 0 spiro atoms. The molecule has 1 aromatic heterocycles. The molecule has 1 N–H and O–H groups in total. The van der Waals surface area contributed by atoms with Crippen molar-refractivity contribution in [2.45, 2.75) is 18.1 Å². The SMILES string of the molecule is COc1ccccc1C(C)NC(=O)CSc1nccn1-c1cccc(Cl)c1. The topological polar surface area (TPSA) is 56.1 Å². The van der Waals surface area contributed by atoms with Crippen LogP contribution in [0, 0.1) is 0 Å². The first-order valence-electron chi connectivity index (χ1n) is 8.43. The highest BCUT2D eigenvalue weighted by Crippen LogP contribution is 2.25. The van der Waals surface area contributed by atoms with Crippen molar-refractivity contribution in [3.8, 4) is 11.4 Å². The molecule has 140 valence electrons. The average molecular weight is 402 g/mol. The van der Waals surface area contributed by atoms with Crippen LogP contribution in [0.25, 0.3) is 5.69 Å². The molecule has 7 heteroatoms. The smallest absolute Gasteiger partial charge is 0.230 e. The van der Waals surface area contributed by atoms with Gasteiger partial charge in [-0.1, -0.05) is 47.6 Å². The lowest BCUT2D eigenvalue weighted by molar-refractivity contribution is -0.119. The number of thioether (sulfide) groups is 1. The zero-order valence-corrected chi connectivity index (χ0v) is 16.6. The van der Waals surface area contributed by atoms with E-state index in [1.54, 1.807) is 13.3 Å². The highest BCUT2D eigenvalue weighted by molar-refractivity contribution is 7.99. The molecule has 2 aromatic carbocycles. The number of ether oxygens (including phenoxy) is 1. The predicted octanol–water partition coefficient (Wildman–Crippen LogP) is 4.50. The van der Waals surface area contributed by atoms with Crippen LogP contribution < -0.4 is 10.1 Å². The third kappa shape index (κ3) is 4.84. The van der Waals surface area contributed by atoms with Gasteiger partial charge in [-0.15, -0.1) is 0 Å². The Balaban J connectivity index is 1.63. The van der Waals surface area contributed by atoms with Crippen molar-refractivity contribution >= 4 is 29.3 Å². The van der Waals surface area contributed by atoms with Gasteiger partial charge in [0, 0.05) is 28.7 Å². The van der Waals surface area contributed by atoms with E-state index in [1.807, 2.05) is 66.2 Å². The van der Waals surface area contributed by atoms with Crippen LogP contribution in [0.3, 0.4) is 0 Å². The first-order chi connectivity index (χ1) is 13.1. The lowest BCUT2D eigenvalue weighted by Gasteiger charge is -2.17. The molecule has 0 aliphatic rings. The van der Waals surface area contributed by atoms with Crippen LogP contribution in [0.2, 0.25) is 5.02 Å². The quantitative estimate of drug-likeness (QED) is 0.592. The molecule has 1 heterocycles. The minimum Gasteiger partial charge on any atom is -0.496 e. The molecule has 0 bridgehead atoms. The van der Waals surface area contributed by atoms with E-state index in [1.165, 1.54) is 11.8 Å². The third-order valence-corrected chi connectivity index (χ3v) is 5.21. The van der Waals surface area contributed by atoms with Gasteiger partial charge in [0.25, 0.3) is 0 Å². The van der Waals surface area contributed by atoms with Crippen molar-refractivity contribution in [2.75, 3.05) is 12.9 Å². The number of nitrogens with one attached hydrogen (secondary N) is 1. The van der Waals surface area contributed by atoms with Gasteiger partial charge < -0.3 is 10.1 Å². The molecule has 0 saturated heterocycles. The summed E-state index contributed by atoms with van der Waals surface area (Å²) in [7, 11) is 1.62. The standard InChI is InChI=1S/C20H20ClN3O2S/c1-14(17-8-3-4-9-18(17)26-2)23-19(25)13-27-20-22-10-11-24(20)16-7-5-6-15(21)12-16/h3-12,14H,13H2,1-2H3,(H,23,25). The number of hydrogen-bond donors (Lipinski definition) is 1. The Hall–Kier alpha value is -2.44. The minimum absolute atomic E-state index is 0.0703. The lowest BCUT2D eigenvalue weighted by atomic mass is 10.1. The summed E-state index contributed by atoms with van der Waals surface area (Å²) in [5.41, 5.74) is 1.85. The number of methoxy groups -OCH3 is 1. The van der Waals surface area contributed by atoms with Crippen molar-refractivity contribution in [1.29, 1.82) is 0 Å². The normalized spacial score (nSPS) is 11.8. The Kier molecular flexibility index (Phi) is 6.42. The molecule has 27 heavy (non-hydrogen) atoms. The fraction of sp³-hybridized carbons (Fsp3) is 0.200. The molecule has 1 unspecified atom stereocenters. The Labute approximate surface area is 167 Å². The van der Waals surface area contributed by atoms with E-state index in [-0.39, 0.29) is 17.7 Å². The largest absolute Gasteiger partial charge is 0.496 e. The number of carbonyl (C=O) groups is 1. The van der Waals surface area contributed by atoms with E-state index >= 15 is 0 Å². The third-order valence-electron chi connectivity index (χ3n) is 4.01. The average Bonchev–Trinajstić information content (AvgIpc) is 3.15. The van der Waals surface area contributed by atoms with Crippen molar-refractivity contribution < 1.29 is 9.53 Å². The molecular weight excluding hydrogens is 382 g/mol. The second kappa shape index (κ2) is 8.97. The number of carbonyl (C=O) groups excluding carboxylic acids is 1. The second-order valence-corrected chi connectivity index (χ2v) is 7.26. The summed E-state index contributed by atoms with van der Waals surface area (Å²) in [6.07, 6.45) is 3.56. The summed E-state index contributed by atoms with van der Waals surface area (Å²) in [6.45, 7) is 1.94. The van der Waals surface area contributed by atoms with E-state index in [4.69, 9.17) is 16.3 Å². The number of imidazole rings is 1. The number of hydrogen-bond acceptors (Lipinski definition) is 4. The van der Waals surface area contributed by atoms with Gasteiger partial charge in [0.15, 0.2) is 5.16 Å². The van der Waals surface area contributed by atoms with E-state index < -0.39 is 0 Å². The van der Waals surface area contributed by atoms with Gasteiger partial charge in [-0.3, -0.25) is 9.36 Å². The monoisotopic (exact) mass is 401 g/mol. The van der Waals surface area contributed by atoms with Gasteiger partial charge in [0.2, 0.25) is 5.91 Å². The van der Waals surface area contributed by atoms with Gasteiger partial charge in [-0.25, -0.2) is 4.98 Å². The summed E-state index contributed by atoms with van der Waals surface area (Å²) in [5.74, 6) is 0.949. The first kappa shape index (κ1) is 19.3. The number of halogens is 1. The van der Waals surface area contributed by atoms with Crippen LogP contribution in [-0.2, 0) is 4.79 Å². The van der Waals surface area contributed by atoms with Gasteiger partial charge >= 0.3 is 0 Å². The van der Waals surface area contributed by atoms with Crippen LogP contribution in [0.4, 0.5) is 0 Å². The van der Waals surface area contributed by atoms with Crippen molar-refractivity contribution in [3.63, 3.8) is 0 Å². The maximum atomic E-state index is 12.4. The number of aromatic nitrogens is 2. The molecule has 1 amide bonds. The minimum atomic E-state index is -0.151. The molecule has 0 radical (unpaired) electrons. The highest BCUT2D eigenvalue weighted by atomic mass is 35.5. The van der Waals surface area contributed by atoms with Gasteiger partial charge in [-0.2, -0.15) is 0 Å². The number of amides is 1. The van der Waals surface area contributed by atoms with Crippen LogP contribution >= 0.6 is 23.4 Å². The molecule has 0 saturated carbocycles. The summed E-state index contributed by atoms with van der Waals surface area (Å²) in [4.78, 5) is 16.7. The summed E-state index contributed by atoms with van der Waals surface area (Å²) < 4.78 is 7.27. The molecule has 0 fully saturated rings. The Morgan fingerprint density at radius 3 is 2.89 bits per heavy atom. The van der Waals surface area contributed by atoms with Gasteiger partial charge in [-0.05, 0) is 31.2 Å². The van der Waals surface area contributed by atoms with E-state index in [9.17, 15) is 4.79 Å². The molecule has 5 nitrogen and oxygen atoms in total. The maximum Gasteiger partial charge on any atom is 0.230 e. The number of para-hydroxylation sites is 1. The molecule has 3 rings (SSSR count). The molecular formula is C20H20ClN3O2S. The molecule has 3 aromatic rings. The zero-order chi connectivity index (χ0) is 19.2. The number of rotatable bonds is 7. The fourth-order valence-corrected chi connectivity index (χ4v) is 3.70. The second-order valence-electron chi connectivity index (χ2n) is 5.88. The van der Waals surface area contributed by atoms with Gasteiger partial charge in [0.05, 0.1) is 18.9 Å². The maximum absolute atomic E-state index is 12.4. The van der Waals surface area contributed by atoms with E-state index in [0.717, 1.165) is 22.2 Å². The lowest BCUT2D eigenvalue weighted by Crippen LogP contribution is -2.28. The summed E-state index contributed by atoms with van der Waals surface area (Å²) in [5, 5.41) is 4.39. The van der Waals surface area contributed by atoms with Crippen LogP contribution in [0.5, 0.6) is 5.75 Å². The highest BCUT2D eigenvalue weighted by Gasteiger charge is 2.15. The molecule has 1 atom stereocenters. The Bertz CT molecular complexity index is 929.